The van der Waals surface area contributed by atoms with Gasteiger partial charge in [-0.25, -0.2) is 15.0 Å². The summed E-state index contributed by atoms with van der Waals surface area (Å²) in [6.45, 7) is 0.756. The molecule has 0 unspecified atom stereocenters. The molecule has 2 N–H and O–H groups in total. The predicted molar refractivity (Wildman–Crippen MR) is 92.1 cm³/mol. The highest BCUT2D eigenvalue weighted by Gasteiger charge is 2.33. The summed E-state index contributed by atoms with van der Waals surface area (Å²) < 4.78 is 0. The number of rotatable bonds is 3. The normalized spacial score (nSPS) is 17.4. The van der Waals surface area contributed by atoms with Crippen LogP contribution in [0.5, 0.6) is 0 Å². The number of H-pyrrole nitrogens is 1. The van der Waals surface area contributed by atoms with E-state index >= 15 is 0 Å². The van der Waals surface area contributed by atoms with Crippen molar-refractivity contribution in [1.29, 1.82) is 0 Å². The Hall–Kier alpha value is -2.67. The Kier molecular flexibility index (Phi) is 3.78. The standard InChI is InChI=1S/C16H15ClN6O/c17-10-4-1-2-5-11(10)22-16(24)12-6-3-7-23(12)15-13-14(19-8-18-13)20-9-21-15/h1-2,4-5,8-9,12H,3,6-7H2,(H,22,24)(H,18,19,20,21)/t12-/m1/s1. The smallest absolute Gasteiger partial charge is 0.247 e. The molecule has 0 bridgehead atoms. The molecule has 2 aromatic heterocycles. The van der Waals surface area contributed by atoms with Crippen molar-refractivity contribution in [2.45, 2.75) is 18.9 Å². The topological polar surface area (TPSA) is 86.8 Å². The van der Waals surface area contributed by atoms with Crippen molar-refractivity contribution < 1.29 is 4.79 Å². The number of carbonyl (C=O) groups is 1. The Morgan fingerprint density at radius 2 is 2.17 bits per heavy atom. The quantitative estimate of drug-likeness (QED) is 0.764. The molecule has 1 aliphatic heterocycles. The van der Waals surface area contributed by atoms with Crippen LogP contribution in [0.25, 0.3) is 11.2 Å². The van der Waals surface area contributed by atoms with Crippen molar-refractivity contribution in [2.75, 3.05) is 16.8 Å². The van der Waals surface area contributed by atoms with Crippen LogP contribution < -0.4 is 10.2 Å². The molecule has 0 radical (unpaired) electrons. The van der Waals surface area contributed by atoms with Crippen molar-refractivity contribution in [1.82, 2.24) is 19.9 Å². The number of aromatic amines is 1. The van der Waals surface area contributed by atoms with Crippen LogP contribution in [0.2, 0.25) is 5.02 Å². The van der Waals surface area contributed by atoms with Gasteiger partial charge in [0, 0.05) is 6.54 Å². The number of nitrogens with zero attached hydrogens (tertiary/aromatic N) is 4. The lowest BCUT2D eigenvalue weighted by atomic mass is 10.2. The summed E-state index contributed by atoms with van der Waals surface area (Å²) in [5.41, 5.74) is 1.96. The Labute approximate surface area is 143 Å². The molecule has 0 spiro atoms. The lowest BCUT2D eigenvalue weighted by Crippen LogP contribution is -2.40. The van der Waals surface area contributed by atoms with Gasteiger partial charge in [0.1, 0.15) is 17.9 Å². The number of halogens is 1. The first kappa shape index (κ1) is 14.9. The maximum absolute atomic E-state index is 12.7. The van der Waals surface area contributed by atoms with Gasteiger partial charge in [0.25, 0.3) is 0 Å². The fraction of sp³-hybridized carbons (Fsp3) is 0.250. The zero-order valence-electron chi connectivity index (χ0n) is 12.7. The molecule has 8 heteroatoms. The van der Waals surface area contributed by atoms with E-state index in [1.807, 2.05) is 17.0 Å². The summed E-state index contributed by atoms with van der Waals surface area (Å²) in [5, 5.41) is 3.43. The highest BCUT2D eigenvalue weighted by atomic mass is 35.5. The van der Waals surface area contributed by atoms with Gasteiger partial charge in [-0.2, -0.15) is 0 Å². The maximum Gasteiger partial charge on any atom is 0.247 e. The molecule has 1 saturated heterocycles. The lowest BCUT2D eigenvalue weighted by Gasteiger charge is -2.25. The fourth-order valence-electron chi connectivity index (χ4n) is 3.04. The van der Waals surface area contributed by atoms with E-state index in [1.54, 1.807) is 18.5 Å². The minimum atomic E-state index is -0.303. The molecule has 1 aromatic carbocycles. The Morgan fingerprint density at radius 1 is 1.29 bits per heavy atom. The summed E-state index contributed by atoms with van der Waals surface area (Å²) in [4.78, 5) is 30.4. The van der Waals surface area contributed by atoms with Gasteiger partial charge >= 0.3 is 0 Å². The van der Waals surface area contributed by atoms with Gasteiger partial charge in [0.2, 0.25) is 5.91 Å². The number of hydrogen-bond acceptors (Lipinski definition) is 5. The second kappa shape index (κ2) is 6.09. The number of hydrogen-bond donors (Lipinski definition) is 2. The molecule has 4 rings (SSSR count). The highest BCUT2D eigenvalue weighted by molar-refractivity contribution is 6.33. The summed E-state index contributed by atoms with van der Waals surface area (Å²) in [6, 6.07) is 6.91. The molecule has 0 aliphatic carbocycles. The molecule has 1 amide bonds. The van der Waals surface area contributed by atoms with Crippen molar-refractivity contribution in [3.05, 3.63) is 41.9 Å². The van der Waals surface area contributed by atoms with Crippen molar-refractivity contribution >= 4 is 40.2 Å². The zero-order chi connectivity index (χ0) is 16.5. The molecule has 3 aromatic rings. The van der Waals surface area contributed by atoms with E-state index in [9.17, 15) is 4.79 Å². The van der Waals surface area contributed by atoms with Crippen molar-refractivity contribution in [3.63, 3.8) is 0 Å². The van der Waals surface area contributed by atoms with Gasteiger partial charge in [0.05, 0.1) is 17.0 Å². The fourth-order valence-corrected chi connectivity index (χ4v) is 3.22. The number of amides is 1. The Morgan fingerprint density at radius 3 is 3.04 bits per heavy atom. The minimum Gasteiger partial charge on any atom is -0.343 e. The first-order valence-electron chi connectivity index (χ1n) is 7.70. The van der Waals surface area contributed by atoms with Crippen molar-refractivity contribution in [2.24, 2.45) is 0 Å². The van der Waals surface area contributed by atoms with E-state index < -0.39 is 0 Å². The number of aromatic nitrogens is 4. The van der Waals surface area contributed by atoms with Crippen LogP contribution in [0.15, 0.2) is 36.9 Å². The van der Waals surface area contributed by atoms with E-state index in [2.05, 4.69) is 25.3 Å². The number of nitrogens with one attached hydrogen (secondary N) is 2. The van der Waals surface area contributed by atoms with Gasteiger partial charge in [-0.15, -0.1) is 0 Å². The monoisotopic (exact) mass is 342 g/mol. The average Bonchev–Trinajstić information content (AvgIpc) is 3.25. The van der Waals surface area contributed by atoms with Crippen LogP contribution in [0, 0.1) is 0 Å². The lowest BCUT2D eigenvalue weighted by molar-refractivity contribution is -0.117. The number of benzene rings is 1. The van der Waals surface area contributed by atoms with Gasteiger partial charge in [-0.3, -0.25) is 4.79 Å². The molecular weight excluding hydrogens is 328 g/mol. The van der Waals surface area contributed by atoms with Crippen LogP contribution in [0.3, 0.4) is 0 Å². The molecule has 1 atom stereocenters. The first-order chi connectivity index (χ1) is 11.7. The van der Waals surface area contributed by atoms with E-state index in [4.69, 9.17) is 11.6 Å². The molecule has 24 heavy (non-hydrogen) atoms. The summed E-state index contributed by atoms with van der Waals surface area (Å²) in [6.07, 6.45) is 4.73. The highest BCUT2D eigenvalue weighted by Crippen LogP contribution is 2.29. The van der Waals surface area contributed by atoms with Crippen LogP contribution in [0.4, 0.5) is 11.5 Å². The third kappa shape index (κ3) is 2.56. The summed E-state index contributed by atoms with van der Waals surface area (Å²) in [5.74, 6) is 0.612. The van der Waals surface area contributed by atoms with Gasteiger partial charge < -0.3 is 15.2 Å². The van der Waals surface area contributed by atoms with Gasteiger partial charge in [0.15, 0.2) is 11.5 Å². The van der Waals surface area contributed by atoms with Crippen LogP contribution in [-0.4, -0.2) is 38.4 Å². The average molecular weight is 343 g/mol. The molecule has 3 heterocycles. The molecule has 122 valence electrons. The number of anilines is 2. The number of carbonyl (C=O) groups excluding carboxylic acids is 1. The summed E-state index contributed by atoms with van der Waals surface area (Å²) in [7, 11) is 0. The second-order valence-electron chi connectivity index (χ2n) is 5.62. The Bertz CT molecular complexity index is 895. The molecule has 1 fully saturated rings. The predicted octanol–water partition coefficient (Wildman–Crippen LogP) is 2.61. The third-order valence-corrected chi connectivity index (χ3v) is 4.49. The van der Waals surface area contributed by atoms with Gasteiger partial charge in [-0.1, -0.05) is 23.7 Å². The van der Waals surface area contributed by atoms with Gasteiger partial charge in [-0.05, 0) is 25.0 Å². The zero-order valence-corrected chi connectivity index (χ0v) is 13.5. The molecule has 1 aliphatic rings. The molecule has 7 nitrogen and oxygen atoms in total. The van der Waals surface area contributed by atoms with Crippen LogP contribution in [-0.2, 0) is 4.79 Å². The van der Waals surface area contributed by atoms with Crippen LogP contribution in [0.1, 0.15) is 12.8 Å². The Balaban J connectivity index is 1.62. The molecule has 0 saturated carbocycles. The molecular formula is C16H15ClN6O. The van der Waals surface area contributed by atoms with E-state index in [1.165, 1.54) is 6.33 Å². The van der Waals surface area contributed by atoms with E-state index in [0.29, 0.717) is 22.2 Å². The largest absolute Gasteiger partial charge is 0.343 e. The SMILES string of the molecule is O=C(Nc1ccccc1Cl)[C@H]1CCCN1c1ncnc2nc[nH]c12. The third-order valence-electron chi connectivity index (χ3n) is 4.16. The van der Waals surface area contributed by atoms with E-state index in [-0.39, 0.29) is 11.9 Å². The minimum absolute atomic E-state index is 0.0909. The number of imidazole rings is 1. The maximum atomic E-state index is 12.7. The first-order valence-corrected chi connectivity index (χ1v) is 8.08. The van der Waals surface area contributed by atoms with E-state index in [0.717, 1.165) is 24.9 Å². The van der Waals surface area contributed by atoms with Crippen molar-refractivity contribution in [3.8, 4) is 0 Å². The number of para-hydroxylation sites is 1. The summed E-state index contributed by atoms with van der Waals surface area (Å²) >= 11 is 6.13. The second-order valence-corrected chi connectivity index (χ2v) is 6.03. The number of fused-ring (bicyclic) bond motifs is 1. The van der Waals surface area contributed by atoms with Crippen LogP contribution >= 0.6 is 11.6 Å².